The van der Waals surface area contributed by atoms with Gasteiger partial charge in [0.1, 0.15) is 5.75 Å². The summed E-state index contributed by atoms with van der Waals surface area (Å²) in [6.07, 6.45) is 2.38. The Kier molecular flexibility index (Phi) is 3.27. The summed E-state index contributed by atoms with van der Waals surface area (Å²) in [5, 5.41) is 0. The SMILES string of the molecule is CC1CCC(N)CN1CC1COc2ccccc21. The number of likely N-dealkylation sites (tertiary alicyclic amines) is 1. The molecule has 3 heteroatoms. The van der Waals surface area contributed by atoms with Crippen LogP contribution in [0.4, 0.5) is 0 Å². The van der Waals surface area contributed by atoms with Crippen molar-refractivity contribution in [2.75, 3.05) is 19.7 Å². The summed E-state index contributed by atoms with van der Waals surface area (Å²) in [5.41, 5.74) is 7.45. The standard InChI is InChI=1S/C15H22N2O/c1-11-6-7-13(16)9-17(11)8-12-10-18-15-5-3-2-4-14(12)15/h2-5,11-13H,6-10,16H2,1H3. The Labute approximate surface area is 109 Å². The molecule has 2 aliphatic heterocycles. The van der Waals surface area contributed by atoms with Crippen LogP contribution in [0, 0.1) is 0 Å². The zero-order valence-electron chi connectivity index (χ0n) is 11.0. The van der Waals surface area contributed by atoms with Gasteiger partial charge in [-0.2, -0.15) is 0 Å². The number of hydrogen-bond acceptors (Lipinski definition) is 3. The molecule has 0 radical (unpaired) electrons. The fraction of sp³-hybridized carbons (Fsp3) is 0.600. The van der Waals surface area contributed by atoms with Gasteiger partial charge in [-0.25, -0.2) is 0 Å². The molecule has 0 bridgehead atoms. The molecule has 98 valence electrons. The first kappa shape index (κ1) is 12.0. The maximum atomic E-state index is 6.08. The van der Waals surface area contributed by atoms with Crippen molar-refractivity contribution in [2.24, 2.45) is 5.73 Å². The van der Waals surface area contributed by atoms with E-state index in [4.69, 9.17) is 10.5 Å². The number of rotatable bonds is 2. The molecule has 18 heavy (non-hydrogen) atoms. The molecule has 3 rings (SSSR count). The topological polar surface area (TPSA) is 38.5 Å². The van der Waals surface area contributed by atoms with E-state index in [9.17, 15) is 0 Å². The minimum Gasteiger partial charge on any atom is -0.493 e. The van der Waals surface area contributed by atoms with Crippen molar-refractivity contribution < 1.29 is 4.74 Å². The smallest absolute Gasteiger partial charge is 0.122 e. The number of nitrogens with zero attached hydrogens (tertiary/aromatic N) is 1. The fourth-order valence-electron chi connectivity index (χ4n) is 3.13. The van der Waals surface area contributed by atoms with Crippen molar-refractivity contribution in [3.63, 3.8) is 0 Å². The Morgan fingerprint density at radius 3 is 3.06 bits per heavy atom. The minimum atomic E-state index is 0.346. The van der Waals surface area contributed by atoms with E-state index in [1.807, 2.05) is 6.07 Å². The zero-order valence-corrected chi connectivity index (χ0v) is 11.0. The lowest BCUT2D eigenvalue weighted by Crippen LogP contribution is -2.48. The van der Waals surface area contributed by atoms with Gasteiger partial charge < -0.3 is 10.5 Å². The Bertz CT molecular complexity index is 421. The van der Waals surface area contributed by atoms with Crippen LogP contribution in [0.3, 0.4) is 0 Å². The lowest BCUT2D eigenvalue weighted by atomic mass is 9.95. The second kappa shape index (κ2) is 4.90. The minimum absolute atomic E-state index is 0.346. The predicted molar refractivity (Wildman–Crippen MR) is 72.9 cm³/mol. The number of ether oxygens (including phenoxy) is 1. The molecule has 3 nitrogen and oxygen atoms in total. The van der Waals surface area contributed by atoms with E-state index in [0.29, 0.717) is 18.0 Å². The number of hydrogen-bond donors (Lipinski definition) is 1. The molecule has 1 saturated heterocycles. The summed E-state index contributed by atoms with van der Waals surface area (Å²) < 4.78 is 5.76. The van der Waals surface area contributed by atoms with Gasteiger partial charge in [-0.15, -0.1) is 0 Å². The molecule has 2 aliphatic rings. The Morgan fingerprint density at radius 2 is 2.17 bits per heavy atom. The van der Waals surface area contributed by atoms with Crippen LogP contribution in [-0.2, 0) is 0 Å². The molecule has 0 amide bonds. The van der Waals surface area contributed by atoms with Crippen LogP contribution < -0.4 is 10.5 Å². The maximum absolute atomic E-state index is 6.08. The first-order valence-electron chi connectivity index (χ1n) is 6.95. The molecule has 0 saturated carbocycles. The van der Waals surface area contributed by atoms with Gasteiger partial charge in [0.05, 0.1) is 6.61 Å². The van der Waals surface area contributed by atoms with Crippen LogP contribution in [0.5, 0.6) is 5.75 Å². The molecule has 1 aromatic rings. The highest BCUT2D eigenvalue weighted by molar-refractivity contribution is 5.39. The van der Waals surface area contributed by atoms with E-state index in [0.717, 1.165) is 31.9 Å². The summed E-state index contributed by atoms with van der Waals surface area (Å²) in [4.78, 5) is 2.53. The third-order valence-corrected chi connectivity index (χ3v) is 4.30. The Hall–Kier alpha value is -1.06. The van der Waals surface area contributed by atoms with E-state index in [1.165, 1.54) is 12.0 Å². The van der Waals surface area contributed by atoms with E-state index < -0.39 is 0 Å². The molecule has 3 unspecified atom stereocenters. The molecule has 3 atom stereocenters. The first-order valence-corrected chi connectivity index (χ1v) is 6.95. The molecule has 1 fully saturated rings. The average molecular weight is 246 g/mol. The first-order chi connectivity index (χ1) is 8.74. The van der Waals surface area contributed by atoms with Crippen LogP contribution in [0.15, 0.2) is 24.3 Å². The van der Waals surface area contributed by atoms with Crippen molar-refractivity contribution in [3.8, 4) is 5.75 Å². The Morgan fingerprint density at radius 1 is 1.33 bits per heavy atom. The number of para-hydroxylation sites is 1. The number of benzene rings is 1. The Balaban J connectivity index is 1.70. The van der Waals surface area contributed by atoms with Crippen LogP contribution >= 0.6 is 0 Å². The molecular weight excluding hydrogens is 224 g/mol. The van der Waals surface area contributed by atoms with Crippen molar-refractivity contribution in [2.45, 2.75) is 37.8 Å². The normalized spacial score (nSPS) is 32.0. The molecular formula is C15H22N2O. The molecule has 2 N–H and O–H groups in total. The fourth-order valence-corrected chi connectivity index (χ4v) is 3.13. The van der Waals surface area contributed by atoms with E-state index >= 15 is 0 Å². The van der Waals surface area contributed by atoms with E-state index in [1.54, 1.807) is 0 Å². The number of nitrogens with two attached hydrogens (primary N) is 1. The van der Waals surface area contributed by atoms with Crippen molar-refractivity contribution in [3.05, 3.63) is 29.8 Å². The monoisotopic (exact) mass is 246 g/mol. The zero-order chi connectivity index (χ0) is 12.5. The van der Waals surface area contributed by atoms with Crippen molar-refractivity contribution >= 4 is 0 Å². The summed E-state index contributed by atoms with van der Waals surface area (Å²) in [6, 6.07) is 9.41. The van der Waals surface area contributed by atoms with Gasteiger partial charge in [0.15, 0.2) is 0 Å². The third-order valence-electron chi connectivity index (χ3n) is 4.30. The van der Waals surface area contributed by atoms with Gasteiger partial charge in [-0.1, -0.05) is 18.2 Å². The van der Waals surface area contributed by atoms with Crippen LogP contribution in [-0.4, -0.2) is 36.7 Å². The molecule has 2 heterocycles. The van der Waals surface area contributed by atoms with Crippen molar-refractivity contribution in [1.82, 2.24) is 4.90 Å². The maximum Gasteiger partial charge on any atom is 0.122 e. The van der Waals surface area contributed by atoms with Crippen LogP contribution in [0.25, 0.3) is 0 Å². The van der Waals surface area contributed by atoms with Crippen LogP contribution in [0.2, 0.25) is 0 Å². The van der Waals surface area contributed by atoms with Crippen molar-refractivity contribution in [1.29, 1.82) is 0 Å². The van der Waals surface area contributed by atoms with Gasteiger partial charge in [0.25, 0.3) is 0 Å². The average Bonchev–Trinajstić information content (AvgIpc) is 2.78. The highest BCUT2D eigenvalue weighted by Gasteiger charge is 2.30. The van der Waals surface area contributed by atoms with Crippen LogP contribution in [0.1, 0.15) is 31.2 Å². The lowest BCUT2D eigenvalue weighted by Gasteiger charge is -2.37. The van der Waals surface area contributed by atoms with Gasteiger partial charge in [0, 0.05) is 36.7 Å². The summed E-state index contributed by atoms with van der Waals surface area (Å²) in [7, 11) is 0. The van der Waals surface area contributed by atoms with Gasteiger partial charge in [-0.05, 0) is 25.8 Å². The summed E-state index contributed by atoms with van der Waals surface area (Å²) >= 11 is 0. The third kappa shape index (κ3) is 2.25. The van der Waals surface area contributed by atoms with E-state index in [-0.39, 0.29) is 0 Å². The molecule has 0 spiro atoms. The number of piperidine rings is 1. The molecule has 1 aromatic carbocycles. The second-order valence-electron chi connectivity index (χ2n) is 5.69. The molecule has 0 aliphatic carbocycles. The van der Waals surface area contributed by atoms with Gasteiger partial charge in [-0.3, -0.25) is 4.90 Å². The quantitative estimate of drug-likeness (QED) is 0.867. The predicted octanol–water partition coefficient (Wildman–Crippen LogP) is 1.97. The van der Waals surface area contributed by atoms with Gasteiger partial charge >= 0.3 is 0 Å². The highest BCUT2D eigenvalue weighted by Crippen LogP contribution is 2.34. The largest absolute Gasteiger partial charge is 0.493 e. The highest BCUT2D eigenvalue weighted by atomic mass is 16.5. The number of fused-ring (bicyclic) bond motifs is 1. The second-order valence-corrected chi connectivity index (χ2v) is 5.69. The molecule has 0 aromatic heterocycles. The summed E-state index contributed by atoms with van der Waals surface area (Å²) in [6.45, 7) is 5.23. The summed E-state index contributed by atoms with van der Waals surface area (Å²) in [5.74, 6) is 1.57. The van der Waals surface area contributed by atoms with Gasteiger partial charge in [0.2, 0.25) is 0 Å². The lowest BCUT2D eigenvalue weighted by molar-refractivity contribution is 0.131. The van der Waals surface area contributed by atoms with E-state index in [2.05, 4.69) is 30.0 Å².